The lowest BCUT2D eigenvalue weighted by Crippen LogP contribution is -2.42. The molecule has 0 saturated carbocycles. The van der Waals surface area contributed by atoms with E-state index >= 15 is 0 Å². The molecule has 7 nitrogen and oxygen atoms in total. The predicted molar refractivity (Wildman–Crippen MR) is 72.0 cm³/mol. The second-order valence-corrected chi connectivity index (χ2v) is 4.84. The first kappa shape index (κ1) is 14.4. The van der Waals surface area contributed by atoms with Crippen molar-refractivity contribution in [3.8, 4) is 0 Å². The third kappa shape index (κ3) is 3.31. The van der Waals surface area contributed by atoms with Crippen molar-refractivity contribution < 1.29 is 19.6 Å². The molecule has 0 spiro atoms. The minimum Gasteiger partial charge on any atom is -0.388 e. The fraction of sp³-hybridized carbons (Fsp3) is 0.462. The standard InChI is InChI=1S/C13H16N2O5/c16-8-10-1-2-11(12(7-10)15(18)19)14-9-13(17)3-5-20-6-4-13/h1-2,7-8,14,17H,3-6,9H2. The number of carbonyl (C=O) groups is 1. The van der Waals surface area contributed by atoms with Crippen LogP contribution >= 0.6 is 0 Å². The zero-order chi connectivity index (χ0) is 14.6. The molecule has 0 amide bonds. The van der Waals surface area contributed by atoms with Crippen molar-refractivity contribution in [2.45, 2.75) is 18.4 Å². The summed E-state index contributed by atoms with van der Waals surface area (Å²) >= 11 is 0. The van der Waals surface area contributed by atoms with Gasteiger partial charge in [-0.25, -0.2) is 0 Å². The molecule has 0 aliphatic carbocycles. The summed E-state index contributed by atoms with van der Waals surface area (Å²) < 4.78 is 5.17. The summed E-state index contributed by atoms with van der Waals surface area (Å²) in [5, 5.41) is 24.2. The summed E-state index contributed by atoms with van der Waals surface area (Å²) in [6.45, 7) is 1.16. The van der Waals surface area contributed by atoms with Crippen molar-refractivity contribution >= 4 is 17.7 Å². The maximum atomic E-state index is 11.0. The van der Waals surface area contributed by atoms with Gasteiger partial charge in [0, 0.05) is 44.2 Å². The number of nitrogens with one attached hydrogen (secondary N) is 1. The number of nitrogens with zero attached hydrogens (tertiary/aromatic N) is 1. The molecular weight excluding hydrogens is 264 g/mol. The topological polar surface area (TPSA) is 102 Å². The first-order chi connectivity index (χ1) is 9.54. The number of carbonyl (C=O) groups excluding carboxylic acids is 1. The lowest BCUT2D eigenvalue weighted by molar-refractivity contribution is -0.384. The maximum absolute atomic E-state index is 11.0. The van der Waals surface area contributed by atoms with E-state index in [9.17, 15) is 20.0 Å². The smallest absolute Gasteiger partial charge is 0.293 e. The van der Waals surface area contributed by atoms with Crippen molar-refractivity contribution in [1.29, 1.82) is 0 Å². The number of anilines is 1. The fourth-order valence-corrected chi connectivity index (χ4v) is 2.11. The highest BCUT2D eigenvalue weighted by Crippen LogP contribution is 2.27. The molecule has 1 saturated heterocycles. The van der Waals surface area contributed by atoms with E-state index in [1.54, 1.807) is 0 Å². The summed E-state index contributed by atoms with van der Waals surface area (Å²) in [6.07, 6.45) is 1.53. The van der Waals surface area contributed by atoms with E-state index in [-0.39, 0.29) is 17.8 Å². The van der Waals surface area contributed by atoms with Gasteiger partial charge in [0.25, 0.3) is 5.69 Å². The highest BCUT2D eigenvalue weighted by molar-refractivity contribution is 5.79. The molecule has 108 valence electrons. The average molecular weight is 280 g/mol. The molecule has 0 radical (unpaired) electrons. The third-order valence-corrected chi connectivity index (χ3v) is 3.39. The van der Waals surface area contributed by atoms with Crippen LogP contribution in [-0.2, 0) is 4.74 Å². The van der Waals surface area contributed by atoms with Gasteiger partial charge in [-0.15, -0.1) is 0 Å². The second kappa shape index (κ2) is 5.98. The quantitative estimate of drug-likeness (QED) is 0.479. The zero-order valence-electron chi connectivity index (χ0n) is 10.9. The molecule has 0 atom stereocenters. The third-order valence-electron chi connectivity index (χ3n) is 3.39. The summed E-state index contributed by atoms with van der Waals surface area (Å²) in [5.41, 5.74) is -0.562. The molecular formula is C13H16N2O5. The average Bonchev–Trinajstić information content (AvgIpc) is 2.45. The number of rotatable bonds is 5. The van der Waals surface area contributed by atoms with Gasteiger partial charge >= 0.3 is 0 Å². The van der Waals surface area contributed by atoms with E-state index in [4.69, 9.17) is 4.74 Å². The van der Waals surface area contributed by atoms with Crippen LogP contribution in [0, 0.1) is 10.1 Å². The van der Waals surface area contributed by atoms with E-state index in [2.05, 4.69) is 5.32 Å². The van der Waals surface area contributed by atoms with Gasteiger partial charge in [-0.1, -0.05) is 0 Å². The largest absolute Gasteiger partial charge is 0.388 e. The first-order valence-corrected chi connectivity index (χ1v) is 6.32. The van der Waals surface area contributed by atoms with Crippen molar-refractivity contribution in [3.05, 3.63) is 33.9 Å². The monoisotopic (exact) mass is 280 g/mol. The van der Waals surface area contributed by atoms with Crippen molar-refractivity contribution in [3.63, 3.8) is 0 Å². The Hall–Kier alpha value is -1.99. The first-order valence-electron chi connectivity index (χ1n) is 6.32. The molecule has 0 bridgehead atoms. The Labute approximate surface area is 115 Å². The van der Waals surface area contributed by atoms with Gasteiger partial charge in [0.1, 0.15) is 12.0 Å². The Morgan fingerprint density at radius 1 is 1.45 bits per heavy atom. The molecule has 1 aliphatic rings. The van der Waals surface area contributed by atoms with Gasteiger partial charge < -0.3 is 15.2 Å². The zero-order valence-corrected chi connectivity index (χ0v) is 10.9. The Bertz CT molecular complexity index is 511. The molecule has 1 aromatic carbocycles. The van der Waals surface area contributed by atoms with Crippen LogP contribution in [0.25, 0.3) is 0 Å². The lowest BCUT2D eigenvalue weighted by atomic mass is 9.94. The van der Waals surface area contributed by atoms with Crippen LogP contribution in [0.1, 0.15) is 23.2 Å². The van der Waals surface area contributed by atoms with E-state index in [1.807, 2.05) is 0 Å². The SMILES string of the molecule is O=Cc1ccc(NCC2(O)CCOCC2)c([N+](=O)[O-])c1. The van der Waals surface area contributed by atoms with Crippen LogP contribution in [-0.4, -0.2) is 41.7 Å². The normalized spacial score (nSPS) is 17.4. The molecule has 7 heteroatoms. The summed E-state index contributed by atoms with van der Waals surface area (Å²) in [7, 11) is 0. The van der Waals surface area contributed by atoms with Gasteiger partial charge in [-0.2, -0.15) is 0 Å². The molecule has 20 heavy (non-hydrogen) atoms. The Morgan fingerprint density at radius 2 is 2.15 bits per heavy atom. The van der Waals surface area contributed by atoms with E-state index in [0.29, 0.717) is 38.0 Å². The molecule has 1 fully saturated rings. The van der Waals surface area contributed by atoms with Gasteiger partial charge in [0.15, 0.2) is 0 Å². The number of nitro benzene ring substituents is 1. The van der Waals surface area contributed by atoms with Crippen molar-refractivity contribution in [1.82, 2.24) is 0 Å². The van der Waals surface area contributed by atoms with Gasteiger partial charge in [-0.3, -0.25) is 14.9 Å². The molecule has 0 aromatic heterocycles. The van der Waals surface area contributed by atoms with E-state index in [1.165, 1.54) is 18.2 Å². The highest BCUT2D eigenvalue weighted by atomic mass is 16.6. The van der Waals surface area contributed by atoms with Crippen LogP contribution in [0.3, 0.4) is 0 Å². The molecule has 2 N–H and O–H groups in total. The number of benzene rings is 1. The van der Waals surface area contributed by atoms with Crippen molar-refractivity contribution in [2.24, 2.45) is 0 Å². The molecule has 0 unspecified atom stereocenters. The fourth-order valence-electron chi connectivity index (χ4n) is 2.11. The maximum Gasteiger partial charge on any atom is 0.293 e. The number of hydrogen-bond donors (Lipinski definition) is 2. The minimum absolute atomic E-state index is 0.176. The highest BCUT2D eigenvalue weighted by Gasteiger charge is 2.30. The lowest BCUT2D eigenvalue weighted by Gasteiger charge is -2.32. The van der Waals surface area contributed by atoms with E-state index < -0.39 is 10.5 Å². The van der Waals surface area contributed by atoms with Crippen LogP contribution in [0.15, 0.2) is 18.2 Å². The minimum atomic E-state index is -0.921. The summed E-state index contributed by atoms with van der Waals surface area (Å²) in [4.78, 5) is 21.1. The second-order valence-electron chi connectivity index (χ2n) is 4.84. The number of aldehydes is 1. The Morgan fingerprint density at radius 3 is 2.75 bits per heavy atom. The van der Waals surface area contributed by atoms with Gasteiger partial charge in [-0.05, 0) is 12.1 Å². The Balaban J connectivity index is 2.12. The van der Waals surface area contributed by atoms with Crippen molar-refractivity contribution in [2.75, 3.05) is 25.1 Å². The Kier molecular flexibility index (Phi) is 4.31. The van der Waals surface area contributed by atoms with E-state index in [0.717, 1.165) is 0 Å². The van der Waals surface area contributed by atoms with Crippen LogP contribution in [0.2, 0.25) is 0 Å². The summed E-state index contributed by atoms with van der Waals surface area (Å²) in [5.74, 6) is 0. The molecule has 1 aromatic rings. The molecule has 1 heterocycles. The predicted octanol–water partition coefficient (Wildman–Crippen LogP) is 1.36. The molecule has 1 aliphatic heterocycles. The van der Waals surface area contributed by atoms with Crippen LogP contribution in [0.5, 0.6) is 0 Å². The van der Waals surface area contributed by atoms with Gasteiger partial charge in [0.05, 0.1) is 10.5 Å². The number of aliphatic hydroxyl groups is 1. The van der Waals surface area contributed by atoms with Crippen LogP contribution < -0.4 is 5.32 Å². The number of ether oxygens (including phenoxy) is 1. The summed E-state index contributed by atoms with van der Waals surface area (Å²) in [6, 6.07) is 4.18. The number of hydrogen-bond acceptors (Lipinski definition) is 6. The van der Waals surface area contributed by atoms with Crippen LogP contribution in [0.4, 0.5) is 11.4 Å². The number of nitro groups is 1. The molecule has 2 rings (SSSR count). The van der Waals surface area contributed by atoms with Gasteiger partial charge in [0.2, 0.25) is 0 Å².